The van der Waals surface area contributed by atoms with Gasteiger partial charge in [0.2, 0.25) is 0 Å². The fourth-order valence-corrected chi connectivity index (χ4v) is 2.34. The maximum atomic E-state index is 12.4. The van der Waals surface area contributed by atoms with E-state index in [0.29, 0.717) is 30.8 Å². The Morgan fingerprint density at radius 3 is 2.90 bits per heavy atom. The Bertz CT molecular complexity index is 549. The third kappa shape index (κ3) is 3.68. The van der Waals surface area contributed by atoms with Crippen molar-refractivity contribution in [1.29, 1.82) is 0 Å². The van der Waals surface area contributed by atoms with E-state index >= 15 is 0 Å². The second-order valence-electron chi connectivity index (χ2n) is 4.90. The van der Waals surface area contributed by atoms with Gasteiger partial charge in [-0.05, 0) is 18.2 Å². The fraction of sp³-hybridized carbons (Fsp3) is 0.429. The number of alkyl halides is 2. The summed E-state index contributed by atoms with van der Waals surface area (Å²) in [7, 11) is 0. The van der Waals surface area contributed by atoms with Crippen LogP contribution in [0.2, 0.25) is 0 Å². The monoisotopic (exact) mass is 298 g/mol. The minimum Gasteiger partial charge on any atom is -0.435 e. The van der Waals surface area contributed by atoms with E-state index in [0.717, 1.165) is 0 Å². The first-order chi connectivity index (χ1) is 10.0. The first-order valence-electron chi connectivity index (χ1n) is 6.56. The van der Waals surface area contributed by atoms with Crippen LogP contribution in [0.4, 0.5) is 8.78 Å². The van der Waals surface area contributed by atoms with Gasteiger partial charge in [0, 0.05) is 31.0 Å². The summed E-state index contributed by atoms with van der Waals surface area (Å²) in [5, 5.41) is 12.0. The van der Waals surface area contributed by atoms with E-state index in [1.807, 2.05) is 6.92 Å². The van der Waals surface area contributed by atoms with Gasteiger partial charge in [-0.15, -0.1) is 0 Å². The second kappa shape index (κ2) is 6.51. The maximum Gasteiger partial charge on any atom is 0.387 e. The van der Waals surface area contributed by atoms with Crippen LogP contribution in [-0.4, -0.2) is 41.4 Å². The zero-order valence-corrected chi connectivity index (χ0v) is 11.5. The smallest absolute Gasteiger partial charge is 0.387 e. The van der Waals surface area contributed by atoms with Crippen molar-refractivity contribution in [2.45, 2.75) is 20.0 Å². The summed E-state index contributed by atoms with van der Waals surface area (Å²) in [5.74, 6) is -0.328. The lowest BCUT2D eigenvalue weighted by Gasteiger charge is -2.31. The molecule has 2 rings (SSSR count). The number of hydrogen-bond acceptors (Lipinski definition) is 4. The summed E-state index contributed by atoms with van der Waals surface area (Å²) in [6.07, 6.45) is 0.497. The van der Waals surface area contributed by atoms with Crippen molar-refractivity contribution in [2.75, 3.05) is 13.1 Å². The summed E-state index contributed by atoms with van der Waals surface area (Å²) in [5.41, 5.74) is 0.957. The molecule has 1 aromatic rings. The van der Waals surface area contributed by atoms with Crippen LogP contribution in [0.15, 0.2) is 29.4 Å². The third-order valence-corrected chi connectivity index (χ3v) is 3.42. The SMILES string of the molecule is CC1CN(C(=O)c2cccc(OC(F)F)c2)CC/C1=N\O. The minimum absolute atomic E-state index is 0.0341. The topological polar surface area (TPSA) is 62.1 Å². The number of piperidine rings is 1. The summed E-state index contributed by atoms with van der Waals surface area (Å²) < 4.78 is 28.7. The van der Waals surface area contributed by atoms with Crippen LogP contribution in [0.3, 0.4) is 0 Å². The summed E-state index contributed by atoms with van der Waals surface area (Å²) in [4.78, 5) is 14.0. The molecular weight excluding hydrogens is 282 g/mol. The largest absolute Gasteiger partial charge is 0.435 e. The Hall–Kier alpha value is -2.18. The molecule has 0 radical (unpaired) electrons. The molecule has 7 heteroatoms. The van der Waals surface area contributed by atoms with Crippen molar-refractivity contribution >= 4 is 11.6 Å². The molecule has 0 aliphatic carbocycles. The van der Waals surface area contributed by atoms with Gasteiger partial charge in [0.25, 0.3) is 5.91 Å². The summed E-state index contributed by atoms with van der Waals surface area (Å²) in [6.45, 7) is -0.195. The summed E-state index contributed by atoms with van der Waals surface area (Å²) in [6, 6.07) is 5.73. The molecule has 1 unspecified atom stereocenters. The molecule has 0 spiro atoms. The predicted octanol–water partition coefficient (Wildman–Crippen LogP) is 2.60. The molecule has 1 aliphatic rings. The van der Waals surface area contributed by atoms with Gasteiger partial charge >= 0.3 is 6.61 Å². The zero-order valence-electron chi connectivity index (χ0n) is 11.5. The number of amides is 1. The van der Waals surface area contributed by atoms with E-state index in [-0.39, 0.29) is 17.6 Å². The number of carbonyl (C=O) groups is 1. The van der Waals surface area contributed by atoms with Crippen molar-refractivity contribution < 1.29 is 23.5 Å². The quantitative estimate of drug-likeness (QED) is 0.689. The molecular formula is C14H16F2N2O3. The van der Waals surface area contributed by atoms with Crippen molar-refractivity contribution in [3.05, 3.63) is 29.8 Å². The predicted molar refractivity (Wildman–Crippen MR) is 72.0 cm³/mol. The molecule has 0 saturated carbocycles. The number of ether oxygens (including phenoxy) is 1. The molecule has 1 atom stereocenters. The van der Waals surface area contributed by atoms with Crippen LogP contribution in [0.5, 0.6) is 5.75 Å². The van der Waals surface area contributed by atoms with Crippen LogP contribution in [0.25, 0.3) is 0 Å². The van der Waals surface area contributed by atoms with Crippen LogP contribution >= 0.6 is 0 Å². The van der Waals surface area contributed by atoms with Gasteiger partial charge in [-0.2, -0.15) is 8.78 Å². The van der Waals surface area contributed by atoms with E-state index in [9.17, 15) is 13.6 Å². The van der Waals surface area contributed by atoms with E-state index in [1.54, 1.807) is 11.0 Å². The van der Waals surface area contributed by atoms with Gasteiger partial charge in [-0.25, -0.2) is 0 Å². The molecule has 0 aromatic heterocycles. The van der Waals surface area contributed by atoms with Gasteiger partial charge in [0.1, 0.15) is 5.75 Å². The normalized spacial score (nSPS) is 20.9. The molecule has 21 heavy (non-hydrogen) atoms. The number of halogens is 2. The Morgan fingerprint density at radius 2 is 2.29 bits per heavy atom. The average molecular weight is 298 g/mol. The Balaban J connectivity index is 2.10. The molecule has 1 amide bonds. The number of nitrogens with zero attached hydrogens (tertiary/aromatic N) is 2. The number of oxime groups is 1. The van der Waals surface area contributed by atoms with Crippen LogP contribution in [0, 0.1) is 5.92 Å². The average Bonchev–Trinajstić information content (AvgIpc) is 2.46. The lowest BCUT2D eigenvalue weighted by molar-refractivity contribution is -0.0499. The molecule has 1 saturated heterocycles. The van der Waals surface area contributed by atoms with Crippen molar-refractivity contribution in [2.24, 2.45) is 11.1 Å². The zero-order chi connectivity index (χ0) is 15.4. The number of benzene rings is 1. The first-order valence-corrected chi connectivity index (χ1v) is 6.56. The van der Waals surface area contributed by atoms with E-state index in [1.165, 1.54) is 18.2 Å². The maximum absolute atomic E-state index is 12.4. The highest BCUT2D eigenvalue weighted by Crippen LogP contribution is 2.20. The molecule has 1 N–H and O–H groups in total. The van der Waals surface area contributed by atoms with Crippen molar-refractivity contribution in [3.63, 3.8) is 0 Å². The number of likely N-dealkylation sites (tertiary alicyclic amines) is 1. The fourth-order valence-electron chi connectivity index (χ4n) is 2.34. The van der Waals surface area contributed by atoms with Crippen molar-refractivity contribution in [3.8, 4) is 5.75 Å². The molecule has 5 nitrogen and oxygen atoms in total. The third-order valence-electron chi connectivity index (χ3n) is 3.42. The van der Waals surface area contributed by atoms with Gasteiger partial charge < -0.3 is 14.8 Å². The van der Waals surface area contributed by atoms with Gasteiger partial charge in [-0.1, -0.05) is 18.1 Å². The Morgan fingerprint density at radius 1 is 1.52 bits per heavy atom. The minimum atomic E-state index is -2.92. The molecule has 0 bridgehead atoms. The highest BCUT2D eigenvalue weighted by Gasteiger charge is 2.26. The number of rotatable bonds is 3. The van der Waals surface area contributed by atoms with E-state index in [2.05, 4.69) is 9.89 Å². The Kier molecular flexibility index (Phi) is 4.72. The van der Waals surface area contributed by atoms with Crippen molar-refractivity contribution in [1.82, 2.24) is 4.90 Å². The lowest BCUT2D eigenvalue weighted by Crippen LogP contribution is -2.43. The van der Waals surface area contributed by atoms with E-state index < -0.39 is 6.61 Å². The highest BCUT2D eigenvalue weighted by molar-refractivity contribution is 5.96. The van der Waals surface area contributed by atoms with Crippen LogP contribution in [-0.2, 0) is 0 Å². The molecule has 114 valence electrons. The molecule has 1 aromatic carbocycles. The van der Waals surface area contributed by atoms with Crippen LogP contribution in [0.1, 0.15) is 23.7 Å². The highest BCUT2D eigenvalue weighted by atomic mass is 19.3. The first kappa shape index (κ1) is 15.2. The number of carbonyl (C=O) groups excluding carboxylic acids is 1. The molecule has 1 fully saturated rings. The summed E-state index contributed by atoms with van der Waals surface area (Å²) >= 11 is 0. The number of hydrogen-bond donors (Lipinski definition) is 1. The lowest BCUT2D eigenvalue weighted by atomic mass is 9.97. The molecule has 1 aliphatic heterocycles. The van der Waals surface area contributed by atoms with Gasteiger partial charge in [0.05, 0.1) is 5.71 Å². The van der Waals surface area contributed by atoms with Crippen LogP contribution < -0.4 is 4.74 Å². The van der Waals surface area contributed by atoms with Gasteiger partial charge in [-0.3, -0.25) is 4.79 Å². The standard InChI is InChI=1S/C14H16F2N2O3/c1-9-8-18(6-5-12(9)17-20)13(19)10-3-2-4-11(7-10)21-14(15)16/h2-4,7,9,14,20H,5-6,8H2,1H3/b17-12+. The second-order valence-corrected chi connectivity index (χ2v) is 4.90. The Labute approximate surface area is 120 Å². The van der Waals surface area contributed by atoms with E-state index in [4.69, 9.17) is 5.21 Å². The molecule has 1 heterocycles. The van der Waals surface area contributed by atoms with Gasteiger partial charge in [0.15, 0.2) is 0 Å².